The summed E-state index contributed by atoms with van der Waals surface area (Å²) in [7, 11) is 0. The van der Waals surface area contributed by atoms with Crippen LogP contribution < -0.4 is 10.1 Å². The van der Waals surface area contributed by atoms with Gasteiger partial charge in [0.1, 0.15) is 12.4 Å². The highest BCUT2D eigenvalue weighted by Crippen LogP contribution is 2.24. The third-order valence-electron chi connectivity index (χ3n) is 4.95. The van der Waals surface area contributed by atoms with E-state index < -0.39 is 0 Å². The number of aryl methyl sites for hydroxylation is 1. The molecule has 4 rings (SSSR count). The SMILES string of the molecule is Cc1cccc(C(=O)NCCc2c[nH]c3cc(OCc4ccccc4)ccc23)c1. The fourth-order valence-electron chi connectivity index (χ4n) is 3.40. The van der Waals surface area contributed by atoms with Crippen LogP contribution in [-0.2, 0) is 13.0 Å². The highest BCUT2D eigenvalue weighted by Gasteiger charge is 2.08. The molecular formula is C25H24N2O2. The summed E-state index contributed by atoms with van der Waals surface area (Å²) >= 11 is 0. The lowest BCUT2D eigenvalue weighted by molar-refractivity contribution is 0.0954. The van der Waals surface area contributed by atoms with Crippen molar-refractivity contribution in [2.45, 2.75) is 20.0 Å². The molecule has 0 saturated carbocycles. The molecule has 0 radical (unpaired) electrons. The molecule has 0 saturated heterocycles. The van der Waals surface area contributed by atoms with E-state index >= 15 is 0 Å². The van der Waals surface area contributed by atoms with Crippen molar-refractivity contribution in [1.29, 1.82) is 0 Å². The van der Waals surface area contributed by atoms with Gasteiger partial charge in [0.05, 0.1) is 0 Å². The number of aromatic amines is 1. The number of rotatable bonds is 7. The number of nitrogens with one attached hydrogen (secondary N) is 2. The molecule has 146 valence electrons. The van der Waals surface area contributed by atoms with Crippen molar-refractivity contribution in [2.24, 2.45) is 0 Å². The van der Waals surface area contributed by atoms with Crippen LogP contribution in [0.5, 0.6) is 5.75 Å². The highest BCUT2D eigenvalue weighted by atomic mass is 16.5. The lowest BCUT2D eigenvalue weighted by Crippen LogP contribution is -2.25. The summed E-state index contributed by atoms with van der Waals surface area (Å²) in [5.74, 6) is 0.799. The van der Waals surface area contributed by atoms with Crippen molar-refractivity contribution in [2.75, 3.05) is 6.54 Å². The molecule has 1 heterocycles. The van der Waals surface area contributed by atoms with E-state index in [2.05, 4.69) is 28.5 Å². The maximum absolute atomic E-state index is 12.3. The zero-order valence-electron chi connectivity index (χ0n) is 16.4. The second kappa shape index (κ2) is 8.65. The Kier molecular flexibility index (Phi) is 5.61. The fraction of sp³-hybridized carbons (Fsp3) is 0.160. The maximum atomic E-state index is 12.3. The van der Waals surface area contributed by atoms with Crippen LogP contribution in [0, 0.1) is 6.92 Å². The third-order valence-corrected chi connectivity index (χ3v) is 4.95. The molecule has 0 fully saturated rings. The number of H-pyrrole nitrogens is 1. The molecule has 0 aliphatic rings. The van der Waals surface area contributed by atoms with E-state index in [-0.39, 0.29) is 5.91 Å². The summed E-state index contributed by atoms with van der Waals surface area (Å²) < 4.78 is 5.90. The molecule has 3 aromatic carbocycles. The molecule has 0 aliphatic heterocycles. The Labute approximate surface area is 170 Å². The Morgan fingerprint density at radius 3 is 2.69 bits per heavy atom. The van der Waals surface area contributed by atoms with E-state index in [1.54, 1.807) is 0 Å². The molecule has 2 N–H and O–H groups in total. The quantitative estimate of drug-likeness (QED) is 0.470. The summed E-state index contributed by atoms with van der Waals surface area (Å²) in [6.07, 6.45) is 2.77. The first kappa shape index (κ1) is 18.8. The van der Waals surface area contributed by atoms with E-state index in [0.29, 0.717) is 18.7 Å². The van der Waals surface area contributed by atoms with Gasteiger partial charge < -0.3 is 15.0 Å². The molecule has 0 unspecified atom stereocenters. The van der Waals surface area contributed by atoms with Gasteiger partial charge in [-0.1, -0.05) is 48.0 Å². The van der Waals surface area contributed by atoms with Crippen molar-refractivity contribution >= 4 is 16.8 Å². The topological polar surface area (TPSA) is 54.1 Å². The largest absolute Gasteiger partial charge is 0.489 e. The fourth-order valence-corrected chi connectivity index (χ4v) is 3.40. The first-order chi connectivity index (χ1) is 14.2. The average molecular weight is 384 g/mol. The third kappa shape index (κ3) is 4.66. The van der Waals surface area contributed by atoms with E-state index in [4.69, 9.17) is 4.74 Å². The molecule has 1 amide bonds. The number of hydrogen-bond acceptors (Lipinski definition) is 2. The van der Waals surface area contributed by atoms with Gasteiger partial charge in [-0.05, 0) is 48.7 Å². The second-order valence-corrected chi connectivity index (χ2v) is 7.17. The van der Waals surface area contributed by atoms with Crippen molar-refractivity contribution < 1.29 is 9.53 Å². The van der Waals surface area contributed by atoms with Gasteiger partial charge in [-0.2, -0.15) is 0 Å². The Balaban J connectivity index is 1.35. The van der Waals surface area contributed by atoms with Crippen LogP contribution in [0.4, 0.5) is 0 Å². The molecule has 1 aromatic heterocycles. The Morgan fingerprint density at radius 1 is 1.00 bits per heavy atom. The Hall–Kier alpha value is -3.53. The number of fused-ring (bicyclic) bond motifs is 1. The van der Waals surface area contributed by atoms with Crippen LogP contribution in [0.3, 0.4) is 0 Å². The van der Waals surface area contributed by atoms with Gasteiger partial charge in [0.15, 0.2) is 0 Å². The van der Waals surface area contributed by atoms with Crippen LogP contribution in [0.15, 0.2) is 79.0 Å². The Morgan fingerprint density at radius 2 is 1.86 bits per heavy atom. The molecule has 0 aliphatic carbocycles. The van der Waals surface area contributed by atoms with Gasteiger partial charge in [-0.15, -0.1) is 0 Å². The summed E-state index contributed by atoms with van der Waals surface area (Å²) in [5, 5.41) is 4.16. The van der Waals surface area contributed by atoms with E-state index in [9.17, 15) is 4.79 Å². The number of hydrogen-bond donors (Lipinski definition) is 2. The van der Waals surface area contributed by atoms with Gasteiger partial charge in [0, 0.05) is 35.3 Å². The average Bonchev–Trinajstić information content (AvgIpc) is 3.15. The summed E-state index contributed by atoms with van der Waals surface area (Å²) in [5.41, 5.74) is 5.14. The van der Waals surface area contributed by atoms with Crippen molar-refractivity contribution in [3.05, 3.63) is 101 Å². The van der Waals surface area contributed by atoms with E-state index in [1.165, 1.54) is 5.56 Å². The normalized spacial score (nSPS) is 10.8. The molecule has 29 heavy (non-hydrogen) atoms. The lowest BCUT2D eigenvalue weighted by atomic mass is 10.1. The van der Waals surface area contributed by atoms with Crippen molar-refractivity contribution in [3.8, 4) is 5.75 Å². The molecular weight excluding hydrogens is 360 g/mol. The van der Waals surface area contributed by atoms with Crippen LogP contribution in [0.25, 0.3) is 10.9 Å². The standard InChI is InChI=1S/C25H24N2O2/c1-18-6-5-9-20(14-18)25(28)26-13-12-21-16-27-24-15-22(10-11-23(21)24)29-17-19-7-3-2-4-8-19/h2-11,14-16,27H,12-13,17H2,1H3,(H,26,28). The predicted molar refractivity (Wildman–Crippen MR) is 116 cm³/mol. The predicted octanol–water partition coefficient (Wildman–Crippen LogP) is 5.03. The number of carbonyl (C=O) groups excluding carboxylic acids is 1. The first-order valence-electron chi connectivity index (χ1n) is 9.81. The van der Waals surface area contributed by atoms with Crippen molar-refractivity contribution in [1.82, 2.24) is 10.3 Å². The minimum absolute atomic E-state index is 0.0369. The van der Waals surface area contributed by atoms with E-state index in [0.717, 1.165) is 34.2 Å². The molecule has 0 atom stereocenters. The van der Waals surface area contributed by atoms with Crippen LogP contribution in [0.2, 0.25) is 0 Å². The minimum Gasteiger partial charge on any atom is -0.489 e. The monoisotopic (exact) mass is 384 g/mol. The summed E-state index contributed by atoms with van der Waals surface area (Å²) in [4.78, 5) is 15.6. The number of amides is 1. The van der Waals surface area contributed by atoms with Gasteiger partial charge >= 0.3 is 0 Å². The molecule has 4 nitrogen and oxygen atoms in total. The van der Waals surface area contributed by atoms with Gasteiger partial charge in [0.2, 0.25) is 0 Å². The van der Waals surface area contributed by atoms with Crippen LogP contribution in [-0.4, -0.2) is 17.4 Å². The minimum atomic E-state index is -0.0369. The maximum Gasteiger partial charge on any atom is 0.251 e. The zero-order valence-corrected chi connectivity index (χ0v) is 16.4. The number of carbonyl (C=O) groups is 1. The summed E-state index contributed by atoms with van der Waals surface area (Å²) in [6, 6.07) is 23.8. The van der Waals surface area contributed by atoms with Gasteiger partial charge in [-0.3, -0.25) is 4.79 Å². The number of ether oxygens (including phenoxy) is 1. The van der Waals surface area contributed by atoms with Crippen LogP contribution in [0.1, 0.15) is 27.0 Å². The van der Waals surface area contributed by atoms with E-state index in [1.807, 2.05) is 67.7 Å². The van der Waals surface area contributed by atoms with Gasteiger partial charge in [0.25, 0.3) is 5.91 Å². The highest BCUT2D eigenvalue weighted by molar-refractivity contribution is 5.94. The second-order valence-electron chi connectivity index (χ2n) is 7.17. The lowest BCUT2D eigenvalue weighted by Gasteiger charge is -2.07. The van der Waals surface area contributed by atoms with Crippen LogP contribution >= 0.6 is 0 Å². The van der Waals surface area contributed by atoms with Crippen molar-refractivity contribution in [3.63, 3.8) is 0 Å². The number of benzene rings is 3. The molecule has 4 aromatic rings. The Bertz CT molecular complexity index is 1120. The van der Waals surface area contributed by atoms with Gasteiger partial charge in [-0.25, -0.2) is 0 Å². The first-order valence-corrected chi connectivity index (χ1v) is 9.81. The smallest absolute Gasteiger partial charge is 0.251 e. The molecule has 4 heteroatoms. The molecule has 0 spiro atoms. The zero-order chi connectivity index (χ0) is 20.1. The molecule has 0 bridgehead atoms. The number of aromatic nitrogens is 1. The summed E-state index contributed by atoms with van der Waals surface area (Å²) in [6.45, 7) is 3.12.